The molecule has 0 unspecified atom stereocenters. The van der Waals surface area contributed by atoms with Crippen molar-refractivity contribution >= 4 is 39.1 Å². The van der Waals surface area contributed by atoms with E-state index < -0.39 is 18.1 Å². The van der Waals surface area contributed by atoms with E-state index in [0.29, 0.717) is 41.9 Å². The van der Waals surface area contributed by atoms with Gasteiger partial charge in [-0.05, 0) is 31.9 Å². The lowest BCUT2D eigenvalue weighted by Gasteiger charge is -2.46. The van der Waals surface area contributed by atoms with Gasteiger partial charge in [0, 0.05) is 30.5 Å². The number of aromatic nitrogens is 4. The molecule has 3 N–H and O–H groups in total. The summed E-state index contributed by atoms with van der Waals surface area (Å²) in [5.41, 5.74) is 7.76. The molecule has 1 fully saturated rings. The first kappa shape index (κ1) is 23.3. The van der Waals surface area contributed by atoms with Crippen molar-refractivity contribution < 1.29 is 18.0 Å². The Morgan fingerprint density at radius 2 is 1.89 bits per heavy atom. The number of amides is 1. The normalized spacial score (nSPS) is 17.5. The predicted molar refractivity (Wildman–Crippen MR) is 126 cm³/mol. The number of anilines is 4. The Balaban J connectivity index is 1.51. The third-order valence-corrected chi connectivity index (χ3v) is 7.22. The molecule has 2 aliphatic rings. The first-order valence-electron chi connectivity index (χ1n) is 11.0. The molecule has 9 nitrogen and oxygen atoms in total. The molecule has 1 amide bonds. The van der Waals surface area contributed by atoms with Crippen LogP contribution in [0, 0.1) is 6.92 Å². The summed E-state index contributed by atoms with van der Waals surface area (Å²) >= 11 is 1.27. The van der Waals surface area contributed by atoms with Crippen LogP contribution in [0.5, 0.6) is 0 Å². The van der Waals surface area contributed by atoms with Gasteiger partial charge in [0.2, 0.25) is 22.1 Å². The topological polar surface area (TPSA) is 113 Å². The van der Waals surface area contributed by atoms with E-state index in [4.69, 9.17) is 5.73 Å². The standard InChI is InChI=1S/C22H23F3N8OS/c1-13-2-4-15(5-3-13)33-11-14-10-27-19(28-12-22(23,24)25)29-16(14)21(17(33)34)6-8-32(9-7-21)20-31-30-18(26)35-20/h2-5,10H,6-9,11-12H2,1H3,(H2,26,30)(H,27,28,29). The monoisotopic (exact) mass is 504 g/mol. The van der Waals surface area contributed by atoms with Crippen LogP contribution >= 0.6 is 11.3 Å². The lowest BCUT2D eigenvalue weighted by atomic mass is 9.70. The number of benzene rings is 1. The number of carbonyl (C=O) groups excluding carboxylic acids is 1. The van der Waals surface area contributed by atoms with E-state index in [1.807, 2.05) is 36.1 Å². The zero-order valence-electron chi connectivity index (χ0n) is 18.8. The molecule has 1 saturated heterocycles. The average molecular weight is 505 g/mol. The molecule has 0 radical (unpaired) electrons. The fourth-order valence-corrected chi connectivity index (χ4v) is 5.28. The molecule has 2 aliphatic heterocycles. The number of hydrogen-bond donors (Lipinski definition) is 2. The average Bonchev–Trinajstić information content (AvgIpc) is 3.27. The second-order valence-electron chi connectivity index (χ2n) is 8.76. The highest BCUT2D eigenvalue weighted by atomic mass is 32.1. The maximum absolute atomic E-state index is 14.0. The second-order valence-corrected chi connectivity index (χ2v) is 9.74. The molecular weight excluding hydrogens is 481 g/mol. The second kappa shape index (κ2) is 8.63. The number of piperidine rings is 1. The van der Waals surface area contributed by atoms with E-state index in [9.17, 15) is 18.0 Å². The number of nitrogens with two attached hydrogens (primary N) is 1. The Labute approximate surface area is 203 Å². The molecule has 184 valence electrons. The van der Waals surface area contributed by atoms with Gasteiger partial charge in [-0.1, -0.05) is 29.0 Å². The highest BCUT2D eigenvalue weighted by molar-refractivity contribution is 7.18. The smallest absolute Gasteiger partial charge is 0.374 e. The van der Waals surface area contributed by atoms with E-state index in [1.165, 1.54) is 17.5 Å². The Morgan fingerprint density at radius 1 is 1.17 bits per heavy atom. The van der Waals surface area contributed by atoms with Crippen molar-refractivity contribution in [3.05, 3.63) is 47.3 Å². The molecule has 0 bridgehead atoms. The number of rotatable bonds is 4. The molecule has 4 heterocycles. The quantitative estimate of drug-likeness (QED) is 0.557. The third-order valence-electron chi connectivity index (χ3n) is 6.41. The van der Waals surface area contributed by atoms with Gasteiger partial charge in [-0.25, -0.2) is 9.97 Å². The lowest BCUT2D eigenvalue weighted by Crippen LogP contribution is -2.56. The van der Waals surface area contributed by atoms with Crippen molar-refractivity contribution in [2.24, 2.45) is 0 Å². The molecule has 1 aromatic carbocycles. The van der Waals surface area contributed by atoms with E-state index in [0.717, 1.165) is 16.8 Å². The predicted octanol–water partition coefficient (Wildman–Crippen LogP) is 3.28. The highest BCUT2D eigenvalue weighted by Gasteiger charge is 2.51. The van der Waals surface area contributed by atoms with E-state index in [1.54, 1.807) is 4.90 Å². The molecule has 35 heavy (non-hydrogen) atoms. The Morgan fingerprint density at radius 3 is 2.51 bits per heavy atom. The van der Waals surface area contributed by atoms with Crippen molar-refractivity contribution in [2.45, 2.75) is 37.9 Å². The summed E-state index contributed by atoms with van der Waals surface area (Å²) in [6.45, 7) is 1.95. The minimum absolute atomic E-state index is 0.120. The number of nitrogens with zero attached hydrogens (tertiary/aromatic N) is 6. The maximum Gasteiger partial charge on any atom is 0.405 e. The molecule has 0 aliphatic carbocycles. The summed E-state index contributed by atoms with van der Waals surface area (Å²) in [7, 11) is 0. The SMILES string of the molecule is Cc1ccc(N2Cc3cnc(NCC(F)(F)F)nc3C3(CCN(c4nnc(N)s4)CC3)C2=O)cc1. The molecule has 0 atom stereocenters. The number of alkyl halides is 3. The van der Waals surface area contributed by atoms with Gasteiger partial charge >= 0.3 is 6.18 Å². The number of hydrogen-bond acceptors (Lipinski definition) is 9. The van der Waals surface area contributed by atoms with Crippen LogP contribution in [-0.4, -0.2) is 51.9 Å². The van der Waals surface area contributed by atoms with Crippen LogP contribution in [0.1, 0.15) is 29.7 Å². The summed E-state index contributed by atoms with van der Waals surface area (Å²) < 4.78 is 38.3. The molecule has 0 saturated carbocycles. The maximum atomic E-state index is 14.0. The van der Waals surface area contributed by atoms with Gasteiger partial charge in [0.25, 0.3) is 0 Å². The van der Waals surface area contributed by atoms with Gasteiger partial charge in [-0.15, -0.1) is 10.2 Å². The summed E-state index contributed by atoms with van der Waals surface area (Å²) in [5.74, 6) is -0.262. The van der Waals surface area contributed by atoms with Crippen LogP contribution in [0.4, 0.5) is 35.1 Å². The van der Waals surface area contributed by atoms with Crippen LogP contribution < -0.4 is 20.9 Å². The van der Waals surface area contributed by atoms with E-state index in [2.05, 4.69) is 25.5 Å². The van der Waals surface area contributed by atoms with Gasteiger partial charge in [0.05, 0.1) is 17.7 Å². The fraction of sp³-hybridized carbons (Fsp3) is 0.409. The van der Waals surface area contributed by atoms with Crippen LogP contribution in [0.2, 0.25) is 0 Å². The van der Waals surface area contributed by atoms with Crippen molar-refractivity contribution in [3.63, 3.8) is 0 Å². The van der Waals surface area contributed by atoms with Crippen LogP contribution in [0.3, 0.4) is 0 Å². The van der Waals surface area contributed by atoms with Gasteiger partial charge in [0.1, 0.15) is 6.54 Å². The van der Waals surface area contributed by atoms with Crippen molar-refractivity contribution in [2.75, 3.05) is 40.5 Å². The van der Waals surface area contributed by atoms with Crippen LogP contribution in [-0.2, 0) is 16.8 Å². The first-order valence-corrected chi connectivity index (χ1v) is 11.9. The number of fused-ring (bicyclic) bond motifs is 2. The van der Waals surface area contributed by atoms with Crippen molar-refractivity contribution in [1.82, 2.24) is 20.2 Å². The molecule has 3 aromatic rings. The zero-order valence-corrected chi connectivity index (χ0v) is 19.7. The van der Waals surface area contributed by atoms with Gasteiger partial charge < -0.3 is 20.9 Å². The Bertz CT molecular complexity index is 1240. The lowest BCUT2D eigenvalue weighted by molar-refractivity contribution is -0.126. The van der Waals surface area contributed by atoms with Crippen molar-refractivity contribution in [3.8, 4) is 0 Å². The molecule has 13 heteroatoms. The zero-order chi connectivity index (χ0) is 24.8. The summed E-state index contributed by atoms with van der Waals surface area (Å²) in [4.78, 5) is 26.3. The number of aryl methyl sites for hydroxylation is 1. The highest BCUT2D eigenvalue weighted by Crippen LogP contribution is 2.44. The van der Waals surface area contributed by atoms with Gasteiger partial charge in [0.15, 0.2) is 0 Å². The summed E-state index contributed by atoms with van der Waals surface area (Å²) in [6, 6.07) is 7.66. The Kier molecular flexibility index (Phi) is 5.74. The number of nitrogen functional groups attached to an aromatic ring is 1. The molecule has 2 aromatic heterocycles. The molecule has 1 spiro atoms. The number of halogens is 3. The minimum atomic E-state index is -4.41. The molecular formula is C22H23F3N8OS. The van der Waals surface area contributed by atoms with Gasteiger partial charge in [-0.2, -0.15) is 13.2 Å². The van der Waals surface area contributed by atoms with Gasteiger partial charge in [-0.3, -0.25) is 4.79 Å². The van der Waals surface area contributed by atoms with E-state index >= 15 is 0 Å². The van der Waals surface area contributed by atoms with Crippen LogP contribution in [0.15, 0.2) is 30.5 Å². The van der Waals surface area contributed by atoms with Crippen molar-refractivity contribution in [1.29, 1.82) is 0 Å². The third kappa shape index (κ3) is 4.47. The van der Waals surface area contributed by atoms with E-state index in [-0.39, 0.29) is 18.4 Å². The molecule has 5 rings (SSSR count). The minimum Gasteiger partial charge on any atom is -0.374 e. The number of carbonyl (C=O) groups is 1. The Hall–Kier alpha value is -3.48. The fourth-order valence-electron chi connectivity index (χ4n) is 4.62. The largest absolute Gasteiger partial charge is 0.405 e. The van der Waals surface area contributed by atoms with Crippen LogP contribution in [0.25, 0.3) is 0 Å². The first-order chi connectivity index (χ1) is 16.6. The summed E-state index contributed by atoms with van der Waals surface area (Å²) in [5, 5.41) is 11.2. The summed E-state index contributed by atoms with van der Waals surface area (Å²) in [6.07, 6.45) is -2.06. The number of nitrogens with one attached hydrogen (secondary N) is 1.